The second kappa shape index (κ2) is 4.10. The minimum atomic E-state index is -4.86. The predicted octanol–water partition coefficient (Wildman–Crippen LogP) is 2.80. The molecule has 0 unspecified atom stereocenters. The van der Waals surface area contributed by atoms with E-state index in [9.17, 15) is 26.3 Å². The van der Waals surface area contributed by atoms with Gasteiger partial charge in [-0.25, -0.2) is 0 Å². The molecule has 0 amide bonds. The minimum Gasteiger partial charge on any atom is -0.398 e. The molecular weight excluding hydrogens is 252 g/mol. The number of aliphatic hydroxyl groups is 1. The quantitative estimate of drug-likeness (QED) is 0.601. The number of alkyl halides is 6. The Bertz CT molecular complexity index is 423. The number of aliphatic hydroxyl groups excluding tert-OH is 1. The molecule has 0 spiro atoms. The van der Waals surface area contributed by atoms with E-state index in [4.69, 9.17) is 10.8 Å². The fourth-order valence-electron chi connectivity index (χ4n) is 1.35. The summed E-state index contributed by atoms with van der Waals surface area (Å²) in [5.74, 6) is 0. The number of hydrogen-bond acceptors (Lipinski definition) is 2. The predicted molar refractivity (Wildman–Crippen MR) is 46.8 cm³/mol. The van der Waals surface area contributed by atoms with Gasteiger partial charge < -0.3 is 10.8 Å². The lowest BCUT2D eigenvalue weighted by molar-refractivity contribution is -0.141. The number of rotatable bonds is 1. The Morgan fingerprint density at radius 3 is 1.71 bits per heavy atom. The van der Waals surface area contributed by atoms with Crippen molar-refractivity contribution < 1.29 is 31.4 Å². The zero-order valence-electron chi connectivity index (χ0n) is 8.15. The van der Waals surface area contributed by atoms with Crippen molar-refractivity contribution in [1.82, 2.24) is 0 Å². The molecule has 17 heavy (non-hydrogen) atoms. The highest BCUT2D eigenvalue weighted by Gasteiger charge is 2.39. The Morgan fingerprint density at radius 2 is 1.35 bits per heavy atom. The molecule has 0 atom stereocenters. The van der Waals surface area contributed by atoms with Gasteiger partial charge in [-0.15, -0.1) is 0 Å². The summed E-state index contributed by atoms with van der Waals surface area (Å²) in [5.41, 5.74) is 0.166. The van der Waals surface area contributed by atoms with Gasteiger partial charge in [-0.2, -0.15) is 26.3 Å². The van der Waals surface area contributed by atoms with Crippen LogP contribution in [-0.4, -0.2) is 5.11 Å². The summed E-state index contributed by atoms with van der Waals surface area (Å²) in [7, 11) is 0. The summed E-state index contributed by atoms with van der Waals surface area (Å²) >= 11 is 0. The van der Waals surface area contributed by atoms with E-state index in [2.05, 4.69) is 0 Å². The van der Waals surface area contributed by atoms with E-state index in [0.29, 0.717) is 0 Å². The van der Waals surface area contributed by atoms with Gasteiger partial charge >= 0.3 is 12.4 Å². The summed E-state index contributed by atoms with van der Waals surface area (Å²) in [5, 5.41) is 8.71. The smallest absolute Gasteiger partial charge is 0.398 e. The fourth-order valence-corrected chi connectivity index (χ4v) is 1.35. The normalized spacial score (nSPS) is 12.9. The Balaban J connectivity index is 3.49. The number of benzene rings is 1. The largest absolute Gasteiger partial charge is 0.418 e. The van der Waals surface area contributed by atoms with Gasteiger partial charge in [0, 0.05) is 11.3 Å². The van der Waals surface area contributed by atoms with Crippen LogP contribution in [0.15, 0.2) is 12.1 Å². The molecule has 0 saturated carbocycles. The van der Waals surface area contributed by atoms with Crippen LogP contribution in [0, 0.1) is 0 Å². The highest BCUT2D eigenvalue weighted by molar-refractivity contribution is 5.58. The molecule has 0 heterocycles. The molecule has 0 aliphatic rings. The zero-order chi connectivity index (χ0) is 13.4. The van der Waals surface area contributed by atoms with Crippen LogP contribution in [0.5, 0.6) is 0 Å². The van der Waals surface area contributed by atoms with E-state index in [0.717, 1.165) is 0 Å². The third kappa shape index (κ3) is 2.63. The number of anilines is 1. The molecule has 1 aromatic rings. The first kappa shape index (κ1) is 13.6. The van der Waals surface area contributed by atoms with E-state index < -0.39 is 41.3 Å². The SMILES string of the molecule is Nc1c(C(F)(F)F)ccc(C(F)(F)F)c1CO. The molecule has 0 fully saturated rings. The van der Waals surface area contributed by atoms with Crippen LogP contribution in [0.1, 0.15) is 16.7 Å². The summed E-state index contributed by atoms with van der Waals surface area (Å²) in [4.78, 5) is 0. The van der Waals surface area contributed by atoms with Crippen molar-refractivity contribution in [3.8, 4) is 0 Å². The first-order valence-corrected chi connectivity index (χ1v) is 4.25. The average molecular weight is 259 g/mol. The number of halogens is 6. The van der Waals surface area contributed by atoms with Crippen molar-refractivity contribution in [2.45, 2.75) is 19.0 Å². The van der Waals surface area contributed by atoms with Crippen LogP contribution in [0.4, 0.5) is 32.0 Å². The van der Waals surface area contributed by atoms with Crippen LogP contribution in [-0.2, 0) is 19.0 Å². The molecule has 0 aliphatic heterocycles. The Hall–Kier alpha value is -1.44. The molecule has 1 aromatic carbocycles. The molecule has 8 heteroatoms. The zero-order valence-corrected chi connectivity index (χ0v) is 8.15. The molecular formula is C9H7F6NO. The lowest BCUT2D eigenvalue weighted by atomic mass is 10.0. The fraction of sp³-hybridized carbons (Fsp3) is 0.333. The third-order valence-corrected chi connectivity index (χ3v) is 2.13. The van der Waals surface area contributed by atoms with Gasteiger partial charge in [0.05, 0.1) is 17.7 Å². The van der Waals surface area contributed by atoms with Crippen molar-refractivity contribution in [1.29, 1.82) is 0 Å². The van der Waals surface area contributed by atoms with Gasteiger partial charge in [-0.05, 0) is 12.1 Å². The minimum absolute atomic E-state index is 0.247. The molecule has 0 bridgehead atoms. The lowest BCUT2D eigenvalue weighted by Gasteiger charge is -2.17. The molecule has 3 N–H and O–H groups in total. The molecule has 0 saturated heterocycles. The number of nitrogens with two attached hydrogens (primary N) is 1. The highest BCUT2D eigenvalue weighted by Crippen LogP contribution is 2.40. The van der Waals surface area contributed by atoms with E-state index in [1.54, 1.807) is 0 Å². The Kier molecular flexibility index (Phi) is 3.28. The van der Waals surface area contributed by atoms with Crippen molar-refractivity contribution >= 4 is 5.69 Å². The van der Waals surface area contributed by atoms with Crippen molar-refractivity contribution in [3.05, 3.63) is 28.8 Å². The van der Waals surface area contributed by atoms with Gasteiger partial charge in [-0.1, -0.05) is 0 Å². The highest BCUT2D eigenvalue weighted by atomic mass is 19.4. The van der Waals surface area contributed by atoms with Crippen LogP contribution in [0.3, 0.4) is 0 Å². The maximum absolute atomic E-state index is 12.4. The molecule has 1 rings (SSSR count). The number of hydrogen-bond donors (Lipinski definition) is 2. The van der Waals surface area contributed by atoms with Gasteiger partial charge in [0.25, 0.3) is 0 Å². The van der Waals surface area contributed by atoms with Crippen LogP contribution >= 0.6 is 0 Å². The second-order valence-electron chi connectivity index (χ2n) is 3.21. The monoisotopic (exact) mass is 259 g/mol. The van der Waals surface area contributed by atoms with E-state index >= 15 is 0 Å². The molecule has 0 aliphatic carbocycles. The molecule has 0 radical (unpaired) electrons. The molecule has 2 nitrogen and oxygen atoms in total. The van der Waals surface area contributed by atoms with Crippen LogP contribution in [0.25, 0.3) is 0 Å². The van der Waals surface area contributed by atoms with Gasteiger partial charge in [0.1, 0.15) is 0 Å². The molecule has 0 aromatic heterocycles. The van der Waals surface area contributed by atoms with Crippen molar-refractivity contribution in [3.63, 3.8) is 0 Å². The first-order chi connectivity index (χ1) is 7.59. The maximum atomic E-state index is 12.4. The van der Waals surface area contributed by atoms with E-state index in [1.165, 1.54) is 0 Å². The van der Waals surface area contributed by atoms with Gasteiger partial charge in [0.15, 0.2) is 0 Å². The third-order valence-electron chi connectivity index (χ3n) is 2.13. The van der Waals surface area contributed by atoms with E-state index in [-0.39, 0.29) is 12.1 Å². The summed E-state index contributed by atoms with van der Waals surface area (Å²) in [6.07, 6.45) is -9.73. The van der Waals surface area contributed by atoms with Crippen LogP contribution in [0.2, 0.25) is 0 Å². The van der Waals surface area contributed by atoms with Crippen molar-refractivity contribution in [2.24, 2.45) is 0 Å². The summed E-state index contributed by atoms with van der Waals surface area (Å²) in [6.45, 7) is -1.22. The summed E-state index contributed by atoms with van der Waals surface area (Å²) < 4.78 is 74.2. The lowest BCUT2D eigenvalue weighted by Crippen LogP contribution is -2.16. The maximum Gasteiger partial charge on any atom is 0.418 e. The van der Waals surface area contributed by atoms with E-state index in [1.807, 2.05) is 0 Å². The van der Waals surface area contributed by atoms with Gasteiger partial charge in [-0.3, -0.25) is 0 Å². The van der Waals surface area contributed by atoms with Gasteiger partial charge in [0.2, 0.25) is 0 Å². The summed E-state index contributed by atoms with van der Waals surface area (Å²) in [6, 6.07) is 0.502. The first-order valence-electron chi connectivity index (χ1n) is 4.25. The van der Waals surface area contributed by atoms with Crippen LogP contribution < -0.4 is 5.73 Å². The number of nitrogen functional groups attached to an aromatic ring is 1. The average Bonchev–Trinajstić information content (AvgIpc) is 2.13. The Morgan fingerprint density at radius 1 is 0.941 bits per heavy atom. The Labute approximate surface area is 91.7 Å². The van der Waals surface area contributed by atoms with Crippen molar-refractivity contribution in [2.75, 3.05) is 5.73 Å². The standard InChI is InChI=1S/C9H7F6NO/c10-8(11,12)5-1-2-6(9(13,14)15)7(16)4(5)3-17/h1-2,17H,3,16H2. The second-order valence-corrected chi connectivity index (χ2v) is 3.21. The molecule has 96 valence electrons. The topological polar surface area (TPSA) is 46.2 Å².